The molecule has 0 amide bonds. The summed E-state index contributed by atoms with van der Waals surface area (Å²) in [7, 11) is 1.60. The largest absolute Gasteiger partial charge is 0.383 e. The molecule has 9 heteroatoms. The summed E-state index contributed by atoms with van der Waals surface area (Å²) in [6.45, 7) is 2.92. The van der Waals surface area contributed by atoms with E-state index in [1.807, 2.05) is 31.2 Å². The highest BCUT2D eigenvalue weighted by Gasteiger charge is 2.21. The Hall–Kier alpha value is -3.59. The van der Waals surface area contributed by atoms with Gasteiger partial charge >= 0.3 is 0 Å². The van der Waals surface area contributed by atoms with Crippen molar-refractivity contribution < 1.29 is 13.5 Å². The molecule has 0 aliphatic heterocycles. The van der Waals surface area contributed by atoms with Crippen LogP contribution in [0, 0.1) is 18.6 Å². The summed E-state index contributed by atoms with van der Waals surface area (Å²) in [5.74, 6) is -0.799. The molecule has 4 rings (SSSR count). The molecule has 0 aliphatic rings. The van der Waals surface area contributed by atoms with Crippen molar-refractivity contribution in [3.05, 3.63) is 59.7 Å². The van der Waals surface area contributed by atoms with Gasteiger partial charge in [0.2, 0.25) is 5.95 Å². The summed E-state index contributed by atoms with van der Waals surface area (Å²) in [4.78, 5) is 9.02. The number of fused-ring (bicyclic) bond motifs is 1. The molecule has 0 saturated heterocycles. The van der Waals surface area contributed by atoms with Gasteiger partial charge in [-0.15, -0.1) is 5.10 Å². The van der Waals surface area contributed by atoms with Gasteiger partial charge in [0.15, 0.2) is 5.65 Å². The number of nitrogen functional groups attached to an aromatic ring is 1. The molecular formula is C21H20F2N6O. The second-order valence-electron chi connectivity index (χ2n) is 6.78. The van der Waals surface area contributed by atoms with Crippen LogP contribution in [0.4, 0.5) is 20.5 Å². The fourth-order valence-electron chi connectivity index (χ4n) is 3.19. The standard InChI is InChI=1S/C21H20F2N6O/c1-12-4-3-5-13(10-12)18-17-19(24)29(16-11-14(22)6-7-15(16)23)28-20(17)27-21(26-18)25-8-9-30-2/h3-7,10-11H,8-9,24H2,1-2H3,(H,25,27,28). The highest BCUT2D eigenvalue weighted by molar-refractivity contribution is 5.99. The Morgan fingerprint density at radius 3 is 2.73 bits per heavy atom. The van der Waals surface area contributed by atoms with E-state index in [0.29, 0.717) is 30.2 Å². The number of aromatic nitrogens is 4. The third kappa shape index (κ3) is 3.67. The first-order valence-electron chi connectivity index (χ1n) is 9.29. The van der Waals surface area contributed by atoms with Crippen molar-refractivity contribution in [1.82, 2.24) is 19.7 Å². The Kier molecular flexibility index (Phi) is 5.28. The minimum Gasteiger partial charge on any atom is -0.383 e. The Labute approximate surface area is 171 Å². The van der Waals surface area contributed by atoms with Crippen LogP contribution in [0.3, 0.4) is 0 Å². The van der Waals surface area contributed by atoms with E-state index >= 15 is 0 Å². The van der Waals surface area contributed by atoms with Gasteiger partial charge in [-0.25, -0.2) is 18.4 Å². The summed E-state index contributed by atoms with van der Waals surface area (Å²) in [6.07, 6.45) is 0. The van der Waals surface area contributed by atoms with Gasteiger partial charge in [-0.1, -0.05) is 23.8 Å². The molecule has 2 aromatic carbocycles. The molecule has 4 aromatic rings. The van der Waals surface area contributed by atoms with Gasteiger partial charge in [0, 0.05) is 25.3 Å². The molecule has 2 aromatic heterocycles. The van der Waals surface area contributed by atoms with E-state index in [0.717, 1.165) is 34.0 Å². The zero-order chi connectivity index (χ0) is 21.3. The lowest BCUT2D eigenvalue weighted by molar-refractivity contribution is 0.210. The number of methoxy groups -OCH3 is 1. The topological polar surface area (TPSA) is 90.9 Å². The van der Waals surface area contributed by atoms with Crippen LogP contribution in [-0.2, 0) is 4.74 Å². The van der Waals surface area contributed by atoms with Crippen LogP contribution in [0.15, 0.2) is 42.5 Å². The Morgan fingerprint density at radius 2 is 1.97 bits per heavy atom. The average molecular weight is 410 g/mol. The fourth-order valence-corrected chi connectivity index (χ4v) is 3.19. The Morgan fingerprint density at radius 1 is 1.13 bits per heavy atom. The maximum Gasteiger partial charge on any atom is 0.225 e. The molecule has 3 N–H and O–H groups in total. The van der Waals surface area contributed by atoms with Crippen molar-refractivity contribution in [2.45, 2.75) is 6.92 Å². The van der Waals surface area contributed by atoms with Crippen molar-refractivity contribution in [1.29, 1.82) is 0 Å². The van der Waals surface area contributed by atoms with E-state index in [1.54, 1.807) is 7.11 Å². The molecule has 0 aliphatic carbocycles. The SMILES string of the molecule is COCCNc1nc(-c2cccc(C)c2)c2c(N)n(-c3cc(F)ccc3F)nc2n1. The molecular weight excluding hydrogens is 390 g/mol. The lowest BCUT2D eigenvalue weighted by Gasteiger charge is -2.09. The van der Waals surface area contributed by atoms with Crippen LogP contribution in [0.1, 0.15) is 5.56 Å². The van der Waals surface area contributed by atoms with Gasteiger partial charge in [-0.05, 0) is 25.1 Å². The smallest absolute Gasteiger partial charge is 0.225 e. The highest BCUT2D eigenvalue weighted by Crippen LogP contribution is 2.33. The number of aryl methyl sites for hydroxylation is 1. The number of benzene rings is 2. The Bertz CT molecular complexity index is 1220. The molecule has 0 unspecified atom stereocenters. The predicted octanol–water partition coefficient (Wildman–Crippen LogP) is 3.71. The van der Waals surface area contributed by atoms with Crippen molar-refractivity contribution in [2.75, 3.05) is 31.3 Å². The average Bonchev–Trinajstić information content (AvgIpc) is 3.06. The van der Waals surface area contributed by atoms with E-state index in [-0.39, 0.29) is 17.2 Å². The van der Waals surface area contributed by atoms with Gasteiger partial charge in [0.1, 0.15) is 23.1 Å². The number of nitrogens with two attached hydrogens (primary N) is 1. The summed E-state index contributed by atoms with van der Waals surface area (Å²) in [5.41, 5.74) is 8.88. The number of nitrogens with zero attached hydrogens (tertiary/aromatic N) is 4. The molecule has 2 heterocycles. The van der Waals surface area contributed by atoms with E-state index in [1.165, 1.54) is 0 Å². The van der Waals surface area contributed by atoms with Crippen LogP contribution in [0.25, 0.3) is 28.0 Å². The summed E-state index contributed by atoms with van der Waals surface area (Å²) in [5, 5.41) is 7.88. The number of nitrogens with one attached hydrogen (secondary N) is 1. The number of hydrogen-bond acceptors (Lipinski definition) is 6. The minimum atomic E-state index is -0.653. The second kappa shape index (κ2) is 8.03. The molecule has 0 saturated carbocycles. The van der Waals surface area contributed by atoms with Crippen LogP contribution in [0.5, 0.6) is 0 Å². The first kappa shape index (κ1) is 19.7. The molecule has 7 nitrogen and oxygen atoms in total. The summed E-state index contributed by atoms with van der Waals surface area (Å²) < 4.78 is 34.3. The number of rotatable bonds is 6. The molecule has 0 radical (unpaired) electrons. The van der Waals surface area contributed by atoms with Gasteiger partial charge in [-0.2, -0.15) is 4.98 Å². The van der Waals surface area contributed by atoms with Gasteiger partial charge in [0.25, 0.3) is 0 Å². The second-order valence-corrected chi connectivity index (χ2v) is 6.78. The zero-order valence-corrected chi connectivity index (χ0v) is 16.5. The number of ether oxygens (including phenoxy) is 1. The molecule has 0 bridgehead atoms. The molecule has 0 spiro atoms. The molecule has 154 valence electrons. The first-order chi connectivity index (χ1) is 14.5. The third-order valence-electron chi connectivity index (χ3n) is 4.59. The van der Waals surface area contributed by atoms with Crippen LogP contribution >= 0.6 is 0 Å². The van der Waals surface area contributed by atoms with Crippen molar-refractivity contribution in [2.24, 2.45) is 0 Å². The lowest BCUT2D eigenvalue weighted by atomic mass is 10.1. The summed E-state index contributed by atoms with van der Waals surface area (Å²) in [6, 6.07) is 10.8. The van der Waals surface area contributed by atoms with E-state index in [2.05, 4.69) is 20.4 Å². The van der Waals surface area contributed by atoms with Crippen LogP contribution in [-0.4, -0.2) is 40.0 Å². The molecule has 0 atom stereocenters. The molecule has 30 heavy (non-hydrogen) atoms. The highest BCUT2D eigenvalue weighted by atomic mass is 19.1. The van der Waals surface area contributed by atoms with Crippen LogP contribution < -0.4 is 11.1 Å². The monoisotopic (exact) mass is 410 g/mol. The number of halogens is 2. The summed E-state index contributed by atoms with van der Waals surface area (Å²) >= 11 is 0. The maximum atomic E-state index is 14.4. The number of anilines is 2. The van der Waals surface area contributed by atoms with Crippen LogP contribution in [0.2, 0.25) is 0 Å². The maximum absolute atomic E-state index is 14.4. The van der Waals surface area contributed by atoms with Gasteiger partial charge in [0.05, 0.1) is 17.7 Å². The Balaban J connectivity index is 1.95. The van der Waals surface area contributed by atoms with Crippen molar-refractivity contribution in [3.63, 3.8) is 0 Å². The van der Waals surface area contributed by atoms with Crippen molar-refractivity contribution >= 4 is 22.8 Å². The predicted molar refractivity (Wildman–Crippen MR) is 112 cm³/mol. The minimum absolute atomic E-state index is 0.102. The van der Waals surface area contributed by atoms with Gasteiger partial charge < -0.3 is 15.8 Å². The van der Waals surface area contributed by atoms with E-state index < -0.39 is 11.6 Å². The van der Waals surface area contributed by atoms with E-state index in [4.69, 9.17) is 10.5 Å². The van der Waals surface area contributed by atoms with Crippen molar-refractivity contribution in [3.8, 4) is 16.9 Å². The van der Waals surface area contributed by atoms with Gasteiger partial charge in [-0.3, -0.25) is 0 Å². The quantitative estimate of drug-likeness (QED) is 0.471. The number of hydrogen-bond donors (Lipinski definition) is 2. The zero-order valence-electron chi connectivity index (χ0n) is 16.5. The first-order valence-corrected chi connectivity index (χ1v) is 9.29. The lowest BCUT2D eigenvalue weighted by Crippen LogP contribution is -2.10. The normalized spacial score (nSPS) is 11.2. The fraction of sp³-hybridized carbons (Fsp3) is 0.190. The third-order valence-corrected chi connectivity index (χ3v) is 4.59. The molecule has 0 fully saturated rings. The van der Waals surface area contributed by atoms with E-state index in [9.17, 15) is 8.78 Å².